The molecule has 4 heteroatoms. The number of ether oxygens (including phenoxy) is 1. The smallest absolute Gasteiger partial charge is 0.202 e. The molecule has 0 atom stereocenters. The van der Waals surface area contributed by atoms with Gasteiger partial charge in [0.25, 0.3) is 0 Å². The quantitative estimate of drug-likeness (QED) is 0.697. The molecular weight excluding hydrogens is 166 g/mol. The highest BCUT2D eigenvalue weighted by Gasteiger charge is 1.99. The molecule has 74 valence electrons. The average molecular weight is 183 g/mol. The van der Waals surface area contributed by atoms with E-state index in [9.17, 15) is 0 Å². The van der Waals surface area contributed by atoms with Gasteiger partial charge in [0.1, 0.15) is 0 Å². The fourth-order valence-corrected chi connectivity index (χ4v) is 1.16. The summed E-state index contributed by atoms with van der Waals surface area (Å²) in [5, 5.41) is 3.20. The van der Waals surface area contributed by atoms with E-state index in [1.165, 1.54) is 0 Å². The Morgan fingerprint density at radius 1 is 1.62 bits per heavy atom. The number of nitrogens with zero attached hydrogens (tertiary/aromatic N) is 2. The number of hydrogen-bond acceptors (Lipinski definition) is 3. The van der Waals surface area contributed by atoms with Gasteiger partial charge in [-0.05, 0) is 13.8 Å². The number of anilines is 1. The van der Waals surface area contributed by atoms with Crippen LogP contribution >= 0.6 is 0 Å². The Balaban J connectivity index is 2.32. The summed E-state index contributed by atoms with van der Waals surface area (Å²) in [6.45, 7) is 6.26. The summed E-state index contributed by atoms with van der Waals surface area (Å²) < 4.78 is 7.18. The molecule has 0 fully saturated rings. The van der Waals surface area contributed by atoms with E-state index in [0.717, 1.165) is 31.4 Å². The van der Waals surface area contributed by atoms with Gasteiger partial charge >= 0.3 is 0 Å². The fourth-order valence-electron chi connectivity index (χ4n) is 1.16. The molecule has 1 aromatic heterocycles. The maximum atomic E-state index is 5.20. The Kier molecular flexibility index (Phi) is 3.76. The third kappa shape index (κ3) is 3.06. The summed E-state index contributed by atoms with van der Waals surface area (Å²) in [6.07, 6.45) is 1.99. The zero-order chi connectivity index (χ0) is 9.68. The van der Waals surface area contributed by atoms with Crippen molar-refractivity contribution < 1.29 is 4.74 Å². The minimum Gasteiger partial charge on any atom is -0.380 e. The Morgan fingerprint density at radius 3 is 2.92 bits per heavy atom. The van der Waals surface area contributed by atoms with E-state index >= 15 is 0 Å². The zero-order valence-electron chi connectivity index (χ0n) is 8.50. The Bertz CT molecular complexity index is 257. The lowest BCUT2D eigenvalue weighted by atomic mass is 10.6. The zero-order valence-corrected chi connectivity index (χ0v) is 8.50. The van der Waals surface area contributed by atoms with Crippen LogP contribution in [0.4, 0.5) is 5.95 Å². The summed E-state index contributed by atoms with van der Waals surface area (Å²) in [4.78, 5) is 4.30. The van der Waals surface area contributed by atoms with E-state index in [1.54, 1.807) is 0 Å². The van der Waals surface area contributed by atoms with Gasteiger partial charge in [0.15, 0.2) is 0 Å². The van der Waals surface area contributed by atoms with Crippen LogP contribution in [-0.4, -0.2) is 29.3 Å². The summed E-state index contributed by atoms with van der Waals surface area (Å²) in [7, 11) is 1.98. The highest BCUT2D eigenvalue weighted by Crippen LogP contribution is 2.04. The molecule has 0 amide bonds. The first kappa shape index (κ1) is 10.1. The second kappa shape index (κ2) is 4.87. The first-order chi connectivity index (χ1) is 6.24. The predicted octanol–water partition coefficient (Wildman–Crippen LogP) is 1.18. The summed E-state index contributed by atoms with van der Waals surface area (Å²) in [6, 6.07) is 0. The van der Waals surface area contributed by atoms with Crippen LogP contribution in [0.3, 0.4) is 0 Å². The molecule has 0 radical (unpaired) electrons. The van der Waals surface area contributed by atoms with Crippen LogP contribution in [0.2, 0.25) is 0 Å². The number of aryl methyl sites for hydroxylation is 2. The van der Waals surface area contributed by atoms with Gasteiger partial charge in [0.2, 0.25) is 5.95 Å². The highest BCUT2D eigenvalue weighted by molar-refractivity contribution is 5.27. The lowest BCUT2D eigenvalue weighted by Gasteiger charge is -2.04. The molecule has 0 bridgehead atoms. The normalized spacial score (nSPS) is 10.4. The first-order valence-corrected chi connectivity index (χ1v) is 4.55. The molecule has 0 unspecified atom stereocenters. The predicted molar refractivity (Wildman–Crippen MR) is 52.9 cm³/mol. The maximum absolute atomic E-state index is 5.20. The van der Waals surface area contributed by atoms with Crippen LogP contribution in [0, 0.1) is 6.92 Å². The van der Waals surface area contributed by atoms with Crippen LogP contribution < -0.4 is 5.32 Å². The molecule has 1 rings (SSSR count). The van der Waals surface area contributed by atoms with E-state index in [-0.39, 0.29) is 0 Å². The molecule has 0 saturated carbocycles. The number of hydrogen-bond donors (Lipinski definition) is 1. The molecule has 0 aromatic carbocycles. The van der Waals surface area contributed by atoms with Crippen molar-refractivity contribution in [2.24, 2.45) is 7.05 Å². The van der Waals surface area contributed by atoms with Crippen LogP contribution in [0.15, 0.2) is 6.20 Å². The first-order valence-electron chi connectivity index (χ1n) is 4.55. The number of aromatic nitrogens is 2. The number of rotatable bonds is 5. The summed E-state index contributed by atoms with van der Waals surface area (Å²) in [5.74, 6) is 0.900. The highest BCUT2D eigenvalue weighted by atomic mass is 16.5. The van der Waals surface area contributed by atoms with Crippen molar-refractivity contribution in [3.05, 3.63) is 11.9 Å². The molecule has 0 saturated heterocycles. The van der Waals surface area contributed by atoms with Crippen molar-refractivity contribution in [3.63, 3.8) is 0 Å². The molecule has 13 heavy (non-hydrogen) atoms. The van der Waals surface area contributed by atoms with Gasteiger partial charge in [0.05, 0.1) is 12.3 Å². The topological polar surface area (TPSA) is 39.1 Å². The lowest BCUT2D eigenvalue weighted by Crippen LogP contribution is -2.12. The van der Waals surface area contributed by atoms with Crippen LogP contribution in [0.5, 0.6) is 0 Å². The monoisotopic (exact) mass is 183 g/mol. The average Bonchev–Trinajstić information content (AvgIpc) is 2.39. The molecule has 0 spiro atoms. The van der Waals surface area contributed by atoms with Crippen molar-refractivity contribution in [1.82, 2.24) is 9.55 Å². The molecule has 1 heterocycles. The van der Waals surface area contributed by atoms with E-state index in [2.05, 4.69) is 10.3 Å². The Hall–Kier alpha value is -1.03. The molecule has 0 aliphatic heterocycles. The number of nitrogens with one attached hydrogen (secondary N) is 1. The van der Waals surface area contributed by atoms with Crippen molar-refractivity contribution in [2.75, 3.05) is 25.1 Å². The van der Waals surface area contributed by atoms with Gasteiger partial charge < -0.3 is 14.6 Å². The van der Waals surface area contributed by atoms with E-state index in [0.29, 0.717) is 0 Å². The van der Waals surface area contributed by atoms with Crippen LogP contribution in [-0.2, 0) is 11.8 Å². The second-order valence-electron chi connectivity index (χ2n) is 2.94. The largest absolute Gasteiger partial charge is 0.380 e. The van der Waals surface area contributed by atoms with Crippen LogP contribution in [0.1, 0.15) is 12.6 Å². The van der Waals surface area contributed by atoms with Crippen LogP contribution in [0.25, 0.3) is 0 Å². The minimum absolute atomic E-state index is 0.725. The molecular formula is C9H17N3O. The van der Waals surface area contributed by atoms with Gasteiger partial charge in [-0.15, -0.1) is 0 Å². The number of imidazole rings is 1. The third-order valence-electron chi connectivity index (χ3n) is 1.73. The van der Waals surface area contributed by atoms with Crippen molar-refractivity contribution in [3.8, 4) is 0 Å². The summed E-state index contributed by atoms with van der Waals surface area (Å²) in [5.41, 5.74) is 1.03. The van der Waals surface area contributed by atoms with Gasteiger partial charge in [-0.2, -0.15) is 0 Å². The maximum Gasteiger partial charge on any atom is 0.202 e. The molecule has 1 aromatic rings. The SMILES string of the molecule is CCOCCNc1nc(C)cn1C. The fraction of sp³-hybridized carbons (Fsp3) is 0.667. The van der Waals surface area contributed by atoms with Gasteiger partial charge in [-0.3, -0.25) is 0 Å². The van der Waals surface area contributed by atoms with Gasteiger partial charge in [-0.25, -0.2) is 4.98 Å². The minimum atomic E-state index is 0.725. The van der Waals surface area contributed by atoms with Crippen molar-refractivity contribution in [2.45, 2.75) is 13.8 Å². The Morgan fingerprint density at radius 2 is 2.38 bits per heavy atom. The van der Waals surface area contributed by atoms with Crippen molar-refractivity contribution in [1.29, 1.82) is 0 Å². The van der Waals surface area contributed by atoms with E-state index < -0.39 is 0 Å². The lowest BCUT2D eigenvalue weighted by molar-refractivity contribution is 0.158. The van der Waals surface area contributed by atoms with Gasteiger partial charge in [0, 0.05) is 26.4 Å². The van der Waals surface area contributed by atoms with E-state index in [4.69, 9.17) is 4.74 Å². The standard InChI is InChI=1S/C9H17N3O/c1-4-13-6-5-10-9-11-8(2)7-12(9)3/h7H,4-6H2,1-3H3,(H,10,11). The molecule has 4 nitrogen and oxygen atoms in total. The van der Waals surface area contributed by atoms with E-state index in [1.807, 2.05) is 31.7 Å². The van der Waals surface area contributed by atoms with Gasteiger partial charge in [-0.1, -0.05) is 0 Å². The summed E-state index contributed by atoms with van der Waals surface area (Å²) >= 11 is 0. The molecule has 0 aliphatic rings. The second-order valence-corrected chi connectivity index (χ2v) is 2.94. The molecule has 0 aliphatic carbocycles. The Labute approximate surface area is 78.9 Å². The van der Waals surface area contributed by atoms with Crippen molar-refractivity contribution >= 4 is 5.95 Å². The third-order valence-corrected chi connectivity index (χ3v) is 1.73. The molecule has 1 N–H and O–H groups in total.